The average molecular weight is 239 g/mol. The van der Waals surface area contributed by atoms with Crippen LogP contribution >= 0.6 is 0 Å². The van der Waals surface area contributed by atoms with Gasteiger partial charge in [-0.3, -0.25) is 0 Å². The maximum atomic E-state index is 10.7. The van der Waals surface area contributed by atoms with E-state index in [9.17, 15) is 4.79 Å². The molecule has 0 aliphatic carbocycles. The van der Waals surface area contributed by atoms with E-state index in [1.165, 1.54) is 6.08 Å². The number of aliphatic carboxylic acids is 1. The number of rotatable bonds is 3. The Balaban J connectivity index is 2.29. The highest BCUT2D eigenvalue weighted by Gasteiger charge is 2.05. The van der Waals surface area contributed by atoms with Crippen molar-refractivity contribution in [1.82, 2.24) is 9.78 Å². The van der Waals surface area contributed by atoms with Gasteiger partial charge in [0, 0.05) is 12.4 Å². The van der Waals surface area contributed by atoms with Gasteiger partial charge in [0.15, 0.2) is 0 Å². The number of hydrogen-bond donors (Lipinski definition) is 1. The lowest BCUT2D eigenvalue weighted by atomic mass is 10.1. The molecule has 0 aliphatic rings. The summed E-state index contributed by atoms with van der Waals surface area (Å²) < 4.78 is 1.69. The Kier molecular flexibility index (Phi) is 3.21. The molecule has 2 aromatic rings. The number of hydrogen-bond acceptors (Lipinski definition) is 3. The van der Waals surface area contributed by atoms with Gasteiger partial charge in [-0.2, -0.15) is 10.4 Å². The fourth-order valence-corrected chi connectivity index (χ4v) is 1.45. The molecule has 88 valence electrons. The molecular weight excluding hydrogens is 230 g/mol. The fourth-order valence-electron chi connectivity index (χ4n) is 1.45. The molecule has 0 aliphatic heterocycles. The maximum absolute atomic E-state index is 10.7. The summed E-state index contributed by atoms with van der Waals surface area (Å²) in [5.74, 6) is -1.23. The first-order valence-electron chi connectivity index (χ1n) is 5.16. The number of nitrogens with zero attached hydrogens (tertiary/aromatic N) is 3. The van der Waals surface area contributed by atoms with Gasteiger partial charge in [-0.25, -0.2) is 9.48 Å². The summed E-state index contributed by atoms with van der Waals surface area (Å²) in [5, 5.41) is 21.5. The van der Waals surface area contributed by atoms with Crippen molar-refractivity contribution in [3.63, 3.8) is 0 Å². The van der Waals surface area contributed by atoms with E-state index in [1.807, 2.05) is 12.3 Å². The summed E-state index contributed by atoms with van der Waals surface area (Å²) in [4.78, 5) is 10.7. The van der Waals surface area contributed by atoms with E-state index in [0.29, 0.717) is 5.56 Å². The molecule has 1 N–H and O–H groups in total. The lowest BCUT2D eigenvalue weighted by Crippen LogP contribution is -1.97. The van der Waals surface area contributed by atoms with E-state index in [2.05, 4.69) is 5.10 Å². The van der Waals surface area contributed by atoms with E-state index in [4.69, 9.17) is 10.4 Å². The molecule has 18 heavy (non-hydrogen) atoms. The highest BCUT2D eigenvalue weighted by atomic mass is 16.4. The van der Waals surface area contributed by atoms with E-state index in [-0.39, 0.29) is 5.57 Å². The molecule has 1 aromatic carbocycles. The molecule has 2 rings (SSSR count). The van der Waals surface area contributed by atoms with Crippen molar-refractivity contribution in [3.8, 4) is 11.8 Å². The largest absolute Gasteiger partial charge is 0.477 e. The number of carbonyl (C=O) groups is 1. The fraction of sp³-hybridized carbons (Fsp3) is 0. The Morgan fingerprint density at radius 1 is 1.39 bits per heavy atom. The molecule has 0 saturated carbocycles. The van der Waals surface area contributed by atoms with Crippen LogP contribution in [0.5, 0.6) is 0 Å². The molecule has 0 fully saturated rings. The van der Waals surface area contributed by atoms with Gasteiger partial charge in [-0.05, 0) is 29.8 Å². The number of aromatic nitrogens is 2. The quantitative estimate of drug-likeness (QED) is 0.655. The van der Waals surface area contributed by atoms with Crippen LogP contribution in [0.15, 0.2) is 48.3 Å². The van der Waals surface area contributed by atoms with Gasteiger partial charge < -0.3 is 5.11 Å². The summed E-state index contributed by atoms with van der Waals surface area (Å²) in [6, 6.07) is 10.5. The van der Waals surface area contributed by atoms with Crippen LogP contribution in [-0.4, -0.2) is 20.9 Å². The minimum absolute atomic E-state index is 0.290. The Morgan fingerprint density at radius 3 is 2.61 bits per heavy atom. The average Bonchev–Trinajstić information content (AvgIpc) is 2.90. The minimum atomic E-state index is -1.23. The summed E-state index contributed by atoms with van der Waals surface area (Å²) in [5.41, 5.74) is 1.23. The third kappa shape index (κ3) is 2.44. The normalized spacial score (nSPS) is 10.9. The minimum Gasteiger partial charge on any atom is -0.477 e. The van der Waals surface area contributed by atoms with Crippen LogP contribution in [-0.2, 0) is 4.79 Å². The van der Waals surface area contributed by atoms with Crippen LogP contribution in [0.3, 0.4) is 0 Å². The van der Waals surface area contributed by atoms with E-state index >= 15 is 0 Å². The zero-order valence-corrected chi connectivity index (χ0v) is 9.32. The highest BCUT2D eigenvalue weighted by molar-refractivity contribution is 5.96. The van der Waals surface area contributed by atoms with Gasteiger partial charge in [-0.15, -0.1) is 0 Å². The Morgan fingerprint density at radius 2 is 2.11 bits per heavy atom. The third-order valence-electron chi connectivity index (χ3n) is 2.32. The van der Waals surface area contributed by atoms with Gasteiger partial charge in [0.1, 0.15) is 11.6 Å². The number of carboxylic acid groups (broad SMARTS) is 1. The molecule has 1 heterocycles. The topological polar surface area (TPSA) is 78.9 Å². The summed E-state index contributed by atoms with van der Waals surface area (Å²) >= 11 is 0. The van der Waals surface area contributed by atoms with Crippen LogP contribution < -0.4 is 0 Å². The van der Waals surface area contributed by atoms with Crippen LogP contribution in [0.1, 0.15) is 5.56 Å². The van der Waals surface area contributed by atoms with Crippen molar-refractivity contribution in [2.75, 3.05) is 0 Å². The van der Waals surface area contributed by atoms with E-state index < -0.39 is 5.97 Å². The number of carboxylic acids is 1. The molecule has 0 bridgehead atoms. The molecule has 0 unspecified atom stereocenters. The molecule has 0 saturated heterocycles. The Hall–Kier alpha value is -2.87. The summed E-state index contributed by atoms with van der Waals surface area (Å²) in [6.45, 7) is 0. The first kappa shape index (κ1) is 11.6. The molecule has 0 amide bonds. The third-order valence-corrected chi connectivity index (χ3v) is 2.32. The van der Waals surface area contributed by atoms with Crippen molar-refractivity contribution in [2.45, 2.75) is 0 Å². The lowest BCUT2D eigenvalue weighted by molar-refractivity contribution is -0.132. The molecule has 0 atom stereocenters. The molecule has 5 heteroatoms. The lowest BCUT2D eigenvalue weighted by Gasteiger charge is -2.01. The second-order valence-corrected chi connectivity index (χ2v) is 3.52. The smallest absolute Gasteiger partial charge is 0.346 e. The van der Waals surface area contributed by atoms with Crippen LogP contribution in [0.4, 0.5) is 0 Å². The van der Waals surface area contributed by atoms with Gasteiger partial charge in [0.2, 0.25) is 0 Å². The number of nitriles is 1. The molecule has 5 nitrogen and oxygen atoms in total. The predicted octanol–water partition coefficient (Wildman–Crippen LogP) is 1.86. The Bertz CT molecular complexity index is 619. The second-order valence-electron chi connectivity index (χ2n) is 3.52. The van der Waals surface area contributed by atoms with E-state index in [1.54, 1.807) is 41.2 Å². The molecule has 1 aromatic heterocycles. The van der Waals surface area contributed by atoms with Crippen molar-refractivity contribution >= 4 is 12.0 Å². The van der Waals surface area contributed by atoms with Crippen molar-refractivity contribution in [3.05, 3.63) is 53.9 Å². The van der Waals surface area contributed by atoms with Crippen molar-refractivity contribution in [2.24, 2.45) is 0 Å². The van der Waals surface area contributed by atoms with Crippen molar-refractivity contribution in [1.29, 1.82) is 5.26 Å². The van der Waals surface area contributed by atoms with Crippen LogP contribution in [0.2, 0.25) is 0 Å². The van der Waals surface area contributed by atoms with Crippen LogP contribution in [0, 0.1) is 11.3 Å². The SMILES string of the molecule is N#C/C(=C\c1ccc(-n2cccn2)cc1)C(=O)O. The first-order valence-corrected chi connectivity index (χ1v) is 5.16. The van der Waals surface area contributed by atoms with Crippen LogP contribution in [0.25, 0.3) is 11.8 Å². The first-order chi connectivity index (χ1) is 8.70. The highest BCUT2D eigenvalue weighted by Crippen LogP contribution is 2.11. The van der Waals surface area contributed by atoms with Crippen molar-refractivity contribution < 1.29 is 9.90 Å². The Labute approximate surface area is 103 Å². The zero-order valence-electron chi connectivity index (χ0n) is 9.32. The summed E-state index contributed by atoms with van der Waals surface area (Å²) in [6.07, 6.45) is 4.81. The molecule has 0 spiro atoms. The molecule has 0 radical (unpaired) electrons. The predicted molar refractivity (Wildman–Crippen MR) is 64.8 cm³/mol. The van der Waals surface area contributed by atoms with E-state index in [0.717, 1.165) is 5.69 Å². The zero-order chi connectivity index (χ0) is 13.0. The maximum Gasteiger partial charge on any atom is 0.346 e. The number of benzene rings is 1. The monoisotopic (exact) mass is 239 g/mol. The molecular formula is C13H9N3O2. The van der Waals surface area contributed by atoms with Gasteiger partial charge >= 0.3 is 5.97 Å². The van der Waals surface area contributed by atoms with Gasteiger partial charge in [-0.1, -0.05) is 12.1 Å². The second kappa shape index (κ2) is 4.97. The summed E-state index contributed by atoms with van der Waals surface area (Å²) in [7, 11) is 0. The van der Waals surface area contributed by atoms with Gasteiger partial charge in [0.05, 0.1) is 5.69 Å². The standard InChI is InChI=1S/C13H9N3O2/c14-9-11(13(17)18)8-10-2-4-12(5-3-10)16-7-1-6-15-16/h1-8H,(H,17,18)/b11-8+. The van der Waals surface area contributed by atoms with Gasteiger partial charge in [0.25, 0.3) is 0 Å².